The lowest BCUT2D eigenvalue weighted by molar-refractivity contribution is -0.136. The number of hydrogen-bond acceptors (Lipinski definition) is 3. The molecule has 20 heavy (non-hydrogen) atoms. The minimum absolute atomic E-state index is 0.0442. The van der Waals surface area contributed by atoms with Crippen LogP contribution in [0.15, 0.2) is 18.2 Å². The Bertz CT molecular complexity index is 510. The van der Waals surface area contributed by atoms with Crippen molar-refractivity contribution in [2.45, 2.75) is 39.7 Å². The highest BCUT2D eigenvalue weighted by molar-refractivity contribution is 6.39. The Morgan fingerprint density at radius 1 is 1.25 bits per heavy atom. The Morgan fingerprint density at radius 2 is 1.90 bits per heavy atom. The Kier molecular flexibility index (Phi) is 5.27. The molecule has 0 fully saturated rings. The minimum atomic E-state index is -1.00. The van der Waals surface area contributed by atoms with Crippen LogP contribution in [0.1, 0.15) is 31.4 Å². The first-order valence-electron chi connectivity index (χ1n) is 6.64. The molecule has 0 aliphatic rings. The molecule has 1 aromatic rings. The Hall–Kier alpha value is -1.88. The monoisotopic (exact) mass is 278 g/mol. The van der Waals surface area contributed by atoms with Crippen LogP contribution in [0.5, 0.6) is 0 Å². The van der Waals surface area contributed by atoms with Crippen molar-refractivity contribution in [3.05, 3.63) is 29.3 Å². The number of hydrogen-bond donors (Lipinski definition) is 3. The lowest BCUT2D eigenvalue weighted by atomic mass is 10.0. The van der Waals surface area contributed by atoms with Crippen molar-refractivity contribution in [1.82, 2.24) is 5.32 Å². The Morgan fingerprint density at radius 3 is 2.50 bits per heavy atom. The lowest BCUT2D eigenvalue weighted by Gasteiger charge is -2.21. The molecule has 5 heteroatoms. The summed E-state index contributed by atoms with van der Waals surface area (Å²) < 4.78 is 0. The third-order valence-electron chi connectivity index (χ3n) is 3.24. The van der Waals surface area contributed by atoms with E-state index in [2.05, 4.69) is 10.6 Å². The number of amides is 2. The van der Waals surface area contributed by atoms with Gasteiger partial charge in [-0.2, -0.15) is 0 Å². The summed E-state index contributed by atoms with van der Waals surface area (Å²) in [4.78, 5) is 23.4. The fourth-order valence-electron chi connectivity index (χ4n) is 1.53. The molecule has 1 rings (SSSR count). The molecule has 0 aromatic heterocycles. The predicted molar refractivity (Wildman–Crippen MR) is 78.5 cm³/mol. The van der Waals surface area contributed by atoms with Gasteiger partial charge in [0.2, 0.25) is 0 Å². The highest BCUT2D eigenvalue weighted by atomic mass is 16.3. The summed E-state index contributed by atoms with van der Waals surface area (Å²) in [6.07, 6.45) is 0.492. The zero-order valence-corrected chi connectivity index (χ0v) is 12.4. The third kappa shape index (κ3) is 4.66. The average molecular weight is 278 g/mol. The van der Waals surface area contributed by atoms with Crippen LogP contribution >= 0.6 is 0 Å². The average Bonchev–Trinajstić information content (AvgIpc) is 2.40. The molecule has 0 radical (unpaired) electrons. The van der Waals surface area contributed by atoms with E-state index in [9.17, 15) is 14.7 Å². The molecule has 0 spiro atoms. The summed E-state index contributed by atoms with van der Waals surface area (Å²) in [7, 11) is 0. The lowest BCUT2D eigenvalue weighted by Crippen LogP contribution is -2.44. The SMILES string of the molecule is CC[C@@](C)(O)CNC(=O)C(=O)Nc1cc(C)ccc1C. The number of carbonyl (C=O) groups is 2. The van der Waals surface area contributed by atoms with Gasteiger partial charge in [0, 0.05) is 12.2 Å². The maximum atomic E-state index is 11.8. The topological polar surface area (TPSA) is 78.4 Å². The molecular weight excluding hydrogens is 256 g/mol. The zero-order chi connectivity index (χ0) is 15.3. The smallest absolute Gasteiger partial charge is 0.313 e. The van der Waals surface area contributed by atoms with Gasteiger partial charge in [0.1, 0.15) is 0 Å². The van der Waals surface area contributed by atoms with E-state index in [-0.39, 0.29) is 6.54 Å². The van der Waals surface area contributed by atoms with Crippen LogP contribution in [0.2, 0.25) is 0 Å². The summed E-state index contributed by atoms with van der Waals surface area (Å²) >= 11 is 0. The van der Waals surface area contributed by atoms with Gasteiger partial charge in [-0.15, -0.1) is 0 Å². The first kappa shape index (κ1) is 16.2. The van der Waals surface area contributed by atoms with E-state index in [1.807, 2.05) is 39.0 Å². The normalized spacial score (nSPS) is 13.4. The number of benzene rings is 1. The molecular formula is C15H22N2O3. The summed E-state index contributed by atoms with van der Waals surface area (Å²) in [5.74, 6) is -1.48. The van der Waals surface area contributed by atoms with Crippen molar-refractivity contribution in [2.24, 2.45) is 0 Å². The maximum Gasteiger partial charge on any atom is 0.313 e. The summed E-state index contributed by atoms with van der Waals surface area (Å²) in [5.41, 5.74) is 1.50. The molecule has 0 heterocycles. The van der Waals surface area contributed by atoms with Crippen molar-refractivity contribution in [3.8, 4) is 0 Å². The predicted octanol–water partition coefficient (Wildman–Crippen LogP) is 1.52. The number of aliphatic hydroxyl groups is 1. The van der Waals surface area contributed by atoms with Crippen LogP contribution in [0, 0.1) is 13.8 Å². The van der Waals surface area contributed by atoms with Gasteiger partial charge in [0.25, 0.3) is 0 Å². The van der Waals surface area contributed by atoms with Crippen LogP contribution in [0.4, 0.5) is 5.69 Å². The number of nitrogens with one attached hydrogen (secondary N) is 2. The number of rotatable bonds is 4. The standard InChI is InChI=1S/C15H22N2O3/c1-5-15(4,20)9-16-13(18)14(19)17-12-8-10(2)6-7-11(12)3/h6-8,20H,5,9H2,1-4H3,(H,16,18)(H,17,19)/t15-/m1/s1. The Labute approximate surface area is 119 Å². The minimum Gasteiger partial charge on any atom is -0.388 e. The highest BCUT2D eigenvalue weighted by Gasteiger charge is 2.21. The molecule has 110 valence electrons. The largest absolute Gasteiger partial charge is 0.388 e. The van der Waals surface area contributed by atoms with Crippen LogP contribution in [0.3, 0.4) is 0 Å². The van der Waals surface area contributed by atoms with Gasteiger partial charge in [-0.1, -0.05) is 19.1 Å². The molecule has 0 aliphatic heterocycles. The molecule has 0 bridgehead atoms. The first-order valence-corrected chi connectivity index (χ1v) is 6.64. The Balaban J connectivity index is 2.62. The third-order valence-corrected chi connectivity index (χ3v) is 3.24. The van der Waals surface area contributed by atoms with Crippen LogP contribution in [-0.4, -0.2) is 29.1 Å². The second kappa shape index (κ2) is 6.52. The fraction of sp³-hybridized carbons (Fsp3) is 0.467. The second-order valence-corrected chi connectivity index (χ2v) is 5.31. The summed E-state index contributed by atoms with van der Waals surface area (Å²) in [5, 5.41) is 14.8. The number of carbonyl (C=O) groups excluding carboxylic acids is 2. The van der Waals surface area contributed by atoms with Crippen molar-refractivity contribution < 1.29 is 14.7 Å². The molecule has 5 nitrogen and oxygen atoms in total. The number of aryl methyl sites for hydroxylation is 2. The van der Waals surface area contributed by atoms with Crippen LogP contribution < -0.4 is 10.6 Å². The van der Waals surface area contributed by atoms with Crippen molar-refractivity contribution in [3.63, 3.8) is 0 Å². The van der Waals surface area contributed by atoms with Gasteiger partial charge in [0.05, 0.1) is 5.60 Å². The van der Waals surface area contributed by atoms with Gasteiger partial charge in [0.15, 0.2) is 0 Å². The maximum absolute atomic E-state index is 11.8. The zero-order valence-electron chi connectivity index (χ0n) is 12.4. The van der Waals surface area contributed by atoms with E-state index < -0.39 is 17.4 Å². The molecule has 0 aliphatic carbocycles. The first-order chi connectivity index (χ1) is 9.25. The van der Waals surface area contributed by atoms with Crippen LogP contribution in [-0.2, 0) is 9.59 Å². The van der Waals surface area contributed by atoms with E-state index in [0.29, 0.717) is 12.1 Å². The second-order valence-electron chi connectivity index (χ2n) is 5.31. The van der Waals surface area contributed by atoms with E-state index >= 15 is 0 Å². The quantitative estimate of drug-likeness (QED) is 0.731. The highest BCUT2D eigenvalue weighted by Crippen LogP contribution is 2.16. The summed E-state index contributed by atoms with van der Waals surface area (Å²) in [6, 6.07) is 5.62. The van der Waals surface area contributed by atoms with Gasteiger partial charge < -0.3 is 15.7 Å². The van der Waals surface area contributed by atoms with Crippen molar-refractivity contribution in [2.75, 3.05) is 11.9 Å². The number of anilines is 1. The molecule has 0 saturated carbocycles. The van der Waals surface area contributed by atoms with Gasteiger partial charge >= 0.3 is 11.8 Å². The molecule has 1 aromatic carbocycles. The molecule has 0 unspecified atom stereocenters. The van der Waals surface area contributed by atoms with E-state index in [0.717, 1.165) is 11.1 Å². The molecule has 1 atom stereocenters. The molecule has 2 amide bonds. The van der Waals surface area contributed by atoms with E-state index in [1.165, 1.54) is 0 Å². The van der Waals surface area contributed by atoms with Gasteiger partial charge in [-0.3, -0.25) is 9.59 Å². The fourth-order valence-corrected chi connectivity index (χ4v) is 1.53. The van der Waals surface area contributed by atoms with E-state index in [1.54, 1.807) is 6.92 Å². The van der Waals surface area contributed by atoms with E-state index in [4.69, 9.17) is 0 Å². The summed E-state index contributed by atoms with van der Waals surface area (Å²) in [6.45, 7) is 7.23. The van der Waals surface area contributed by atoms with Crippen LogP contribution in [0.25, 0.3) is 0 Å². The molecule has 0 saturated heterocycles. The van der Waals surface area contributed by atoms with Crippen molar-refractivity contribution >= 4 is 17.5 Å². The molecule has 3 N–H and O–H groups in total. The van der Waals surface area contributed by atoms with Crippen molar-refractivity contribution in [1.29, 1.82) is 0 Å². The van der Waals surface area contributed by atoms with Gasteiger partial charge in [-0.25, -0.2) is 0 Å². The van der Waals surface area contributed by atoms with Gasteiger partial charge in [-0.05, 0) is 44.4 Å².